The molecule has 1 aliphatic rings. The molecule has 0 amide bonds. The number of aromatic nitrogens is 2. The highest BCUT2D eigenvalue weighted by Crippen LogP contribution is 2.22. The summed E-state index contributed by atoms with van der Waals surface area (Å²) >= 11 is 0. The molecule has 0 radical (unpaired) electrons. The predicted octanol–water partition coefficient (Wildman–Crippen LogP) is 3.00. The van der Waals surface area contributed by atoms with E-state index in [2.05, 4.69) is 74.7 Å². The SMILES string of the molecule is CN=C(NCCc1c(C)[nH]c2ccccc12)NCc1ccnc(N2CCOC(C)C2)c1. The van der Waals surface area contributed by atoms with Crippen LogP contribution in [0.1, 0.15) is 23.7 Å². The highest BCUT2D eigenvalue weighted by atomic mass is 16.5. The monoisotopic (exact) mass is 420 g/mol. The molecule has 1 atom stereocenters. The summed E-state index contributed by atoms with van der Waals surface area (Å²) in [7, 11) is 1.80. The molecule has 0 aliphatic carbocycles. The van der Waals surface area contributed by atoms with Gasteiger partial charge in [-0.3, -0.25) is 4.99 Å². The molecule has 1 aliphatic heterocycles. The smallest absolute Gasteiger partial charge is 0.191 e. The molecule has 3 N–H and O–H groups in total. The van der Waals surface area contributed by atoms with E-state index in [1.807, 2.05) is 12.3 Å². The van der Waals surface area contributed by atoms with Gasteiger partial charge in [0.25, 0.3) is 0 Å². The molecule has 1 unspecified atom stereocenters. The molecule has 3 aromatic rings. The van der Waals surface area contributed by atoms with Gasteiger partial charge < -0.3 is 25.3 Å². The summed E-state index contributed by atoms with van der Waals surface area (Å²) in [6, 6.07) is 12.7. The van der Waals surface area contributed by atoms with Gasteiger partial charge in [-0.05, 0) is 49.6 Å². The Bertz CT molecular complexity index is 1040. The molecule has 1 fully saturated rings. The molecule has 0 spiro atoms. The van der Waals surface area contributed by atoms with E-state index in [1.54, 1.807) is 7.05 Å². The molecule has 0 bridgehead atoms. The van der Waals surface area contributed by atoms with Gasteiger partial charge in [0.15, 0.2) is 5.96 Å². The number of morpholine rings is 1. The van der Waals surface area contributed by atoms with Crippen LogP contribution < -0.4 is 15.5 Å². The number of pyridine rings is 1. The number of hydrogen-bond acceptors (Lipinski definition) is 4. The maximum atomic E-state index is 5.64. The largest absolute Gasteiger partial charge is 0.375 e. The third kappa shape index (κ3) is 5.17. The second-order valence-electron chi connectivity index (χ2n) is 8.03. The maximum absolute atomic E-state index is 5.64. The number of aryl methyl sites for hydroxylation is 1. The molecule has 2 aromatic heterocycles. The maximum Gasteiger partial charge on any atom is 0.191 e. The molecule has 0 saturated carbocycles. The number of H-pyrrole nitrogens is 1. The van der Waals surface area contributed by atoms with Gasteiger partial charge in [0, 0.05) is 56.0 Å². The van der Waals surface area contributed by atoms with Gasteiger partial charge in [-0.2, -0.15) is 0 Å². The van der Waals surface area contributed by atoms with Gasteiger partial charge in [0.1, 0.15) is 5.82 Å². The number of ether oxygens (including phenoxy) is 1. The van der Waals surface area contributed by atoms with E-state index in [1.165, 1.54) is 27.7 Å². The van der Waals surface area contributed by atoms with Crippen molar-refractivity contribution in [3.8, 4) is 0 Å². The quantitative estimate of drug-likeness (QED) is 0.422. The Kier molecular flexibility index (Phi) is 6.72. The zero-order chi connectivity index (χ0) is 21.6. The number of aliphatic imine (C=N–C) groups is 1. The Morgan fingerprint density at radius 1 is 1.29 bits per heavy atom. The highest BCUT2D eigenvalue weighted by molar-refractivity contribution is 5.84. The van der Waals surface area contributed by atoms with Crippen LogP contribution in [0, 0.1) is 6.92 Å². The fourth-order valence-electron chi connectivity index (χ4n) is 4.14. The van der Waals surface area contributed by atoms with Crippen LogP contribution in [-0.4, -0.2) is 55.3 Å². The topological polar surface area (TPSA) is 77.6 Å². The number of para-hydroxylation sites is 1. The van der Waals surface area contributed by atoms with Crippen LogP contribution in [0.2, 0.25) is 0 Å². The normalized spacial score (nSPS) is 17.2. The minimum Gasteiger partial charge on any atom is -0.375 e. The van der Waals surface area contributed by atoms with Gasteiger partial charge in [0.2, 0.25) is 0 Å². The lowest BCUT2D eigenvalue weighted by Crippen LogP contribution is -2.41. The second kappa shape index (κ2) is 9.83. The lowest BCUT2D eigenvalue weighted by Gasteiger charge is -2.32. The molecule has 7 nitrogen and oxygen atoms in total. The van der Waals surface area contributed by atoms with Crippen LogP contribution >= 0.6 is 0 Å². The summed E-state index contributed by atoms with van der Waals surface area (Å²) in [5, 5.41) is 8.15. The standard InChI is InChI=1S/C24H32N6O/c1-17-16-30(12-13-31-17)23-14-19(8-10-26-23)15-28-24(25-3)27-11-9-20-18(2)29-22-7-5-4-6-21(20)22/h4-8,10,14,17,29H,9,11-13,15-16H2,1-3H3,(H2,25,27,28). The van der Waals surface area contributed by atoms with Crippen LogP contribution in [0.25, 0.3) is 10.9 Å². The Labute approximate surface area is 183 Å². The fourth-order valence-corrected chi connectivity index (χ4v) is 4.14. The summed E-state index contributed by atoms with van der Waals surface area (Å²) in [5.41, 5.74) is 4.96. The summed E-state index contributed by atoms with van der Waals surface area (Å²) in [5.74, 6) is 1.81. The lowest BCUT2D eigenvalue weighted by molar-refractivity contribution is 0.0529. The van der Waals surface area contributed by atoms with Crippen molar-refractivity contribution in [3.05, 3.63) is 59.4 Å². The molecule has 4 rings (SSSR count). The first-order chi connectivity index (χ1) is 15.1. The summed E-state index contributed by atoms with van der Waals surface area (Å²) in [6.07, 6.45) is 3.05. The number of nitrogens with one attached hydrogen (secondary N) is 3. The van der Waals surface area contributed by atoms with Gasteiger partial charge in [0.05, 0.1) is 12.7 Å². The minimum absolute atomic E-state index is 0.237. The minimum atomic E-state index is 0.237. The van der Waals surface area contributed by atoms with Crippen molar-refractivity contribution in [1.82, 2.24) is 20.6 Å². The number of guanidine groups is 1. The molecule has 31 heavy (non-hydrogen) atoms. The Morgan fingerprint density at radius 2 is 2.16 bits per heavy atom. The highest BCUT2D eigenvalue weighted by Gasteiger charge is 2.18. The van der Waals surface area contributed by atoms with Crippen LogP contribution in [-0.2, 0) is 17.7 Å². The average Bonchev–Trinajstić information content (AvgIpc) is 3.11. The van der Waals surface area contributed by atoms with E-state index in [0.717, 1.165) is 44.4 Å². The summed E-state index contributed by atoms with van der Waals surface area (Å²) in [4.78, 5) is 14.7. The number of anilines is 1. The Hall–Kier alpha value is -3.06. The van der Waals surface area contributed by atoms with E-state index in [4.69, 9.17) is 4.74 Å². The third-order valence-electron chi connectivity index (χ3n) is 5.75. The first-order valence-electron chi connectivity index (χ1n) is 11.0. The molecular formula is C24H32N6O. The second-order valence-corrected chi connectivity index (χ2v) is 8.03. The van der Waals surface area contributed by atoms with Crippen molar-refractivity contribution in [1.29, 1.82) is 0 Å². The first kappa shape index (κ1) is 21.2. The lowest BCUT2D eigenvalue weighted by atomic mass is 10.1. The molecular weight excluding hydrogens is 388 g/mol. The number of rotatable bonds is 6. The zero-order valence-electron chi connectivity index (χ0n) is 18.6. The van der Waals surface area contributed by atoms with Crippen molar-refractivity contribution in [2.75, 3.05) is 38.2 Å². The fraction of sp³-hybridized carbons (Fsp3) is 0.417. The average molecular weight is 421 g/mol. The molecule has 3 heterocycles. The number of aromatic amines is 1. The molecule has 1 aromatic carbocycles. The van der Waals surface area contributed by atoms with Crippen LogP contribution in [0.4, 0.5) is 5.82 Å². The summed E-state index contributed by atoms with van der Waals surface area (Å²) < 4.78 is 5.64. The van der Waals surface area contributed by atoms with Crippen LogP contribution in [0.3, 0.4) is 0 Å². The van der Waals surface area contributed by atoms with E-state index in [-0.39, 0.29) is 6.10 Å². The van der Waals surface area contributed by atoms with Gasteiger partial charge in [-0.15, -0.1) is 0 Å². The predicted molar refractivity (Wildman–Crippen MR) is 127 cm³/mol. The molecule has 7 heteroatoms. The Balaban J connectivity index is 1.31. The van der Waals surface area contributed by atoms with Gasteiger partial charge in [-0.1, -0.05) is 18.2 Å². The molecule has 1 saturated heterocycles. The third-order valence-corrected chi connectivity index (χ3v) is 5.75. The van der Waals surface area contributed by atoms with Gasteiger partial charge in [-0.25, -0.2) is 4.98 Å². The first-order valence-corrected chi connectivity index (χ1v) is 11.0. The van der Waals surface area contributed by atoms with E-state index < -0.39 is 0 Å². The van der Waals surface area contributed by atoms with Crippen molar-refractivity contribution in [3.63, 3.8) is 0 Å². The van der Waals surface area contributed by atoms with Crippen molar-refractivity contribution in [2.45, 2.75) is 32.9 Å². The summed E-state index contributed by atoms with van der Waals surface area (Å²) in [6.45, 7) is 8.25. The van der Waals surface area contributed by atoms with E-state index >= 15 is 0 Å². The van der Waals surface area contributed by atoms with Crippen molar-refractivity contribution in [2.24, 2.45) is 4.99 Å². The van der Waals surface area contributed by atoms with Crippen molar-refractivity contribution < 1.29 is 4.74 Å². The van der Waals surface area contributed by atoms with Gasteiger partial charge >= 0.3 is 0 Å². The number of fused-ring (bicyclic) bond motifs is 1. The van der Waals surface area contributed by atoms with Crippen LogP contribution in [0.5, 0.6) is 0 Å². The van der Waals surface area contributed by atoms with Crippen molar-refractivity contribution >= 4 is 22.7 Å². The number of nitrogens with zero attached hydrogens (tertiary/aromatic N) is 3. The zero-order valence-corrected chi connectivity index (χ0v) is 18.6. The number of hydrogen-bond donors (Lipinski definition) is 3. The van der Waals surface area contributed by atoms with E-state index in [9.17, 15) is 0 Å². The molecule has 164 valence electrons. The Morgan fingerprint density at radius 3 is 3.00 bits per heavy atom. The van der Waals surface area contributed by atoms with E-state index in [0.29, 0.717) is 6.54 Å². The number of benzene rings is 1. The van der Waals surface area contributed by atoms with Crippen LogP contribution in [0.15, 0.2) is 47.6 Å².